The Morgan fingerprint density at radius 2 is 2.28 bits per heavy atom. The van der Waals surface area contributed by atoms with Gasteiger partial charge in [0.05, 0.1) is 5.01 Å². The van der Waals surface area contributed by atoms with Crippen molar-refractivity contribution in [3.63, 3.8) is 0 Å². The van der Waals surface area contributed by atoms with Gasteiger partial charge in [0.25, 0.3) is 0 Å². The summed E-state index contributed by atoms with van der Waals surface area (Å²) in [6.07, 6.45) is 2.59. The molecule has 0 aliphatic heterocycles. The standard InChI is InChI=1S/C11H15N3O3S/c1-11(3-4-11)14-10(17)12-5-2-8-13-7(6-18-8)9(15)16/h6H,2-5H2,1H3,(H,15,16)(H2,12,14,17). The van der Waals surface area contributed by atoms with E-state index in [0.29, 0.717) is 18.0 Å². The number of amides is 2. The lowest BCUT2D eigenvalue weighted by atomic mass is 10.3. The number of aromatic nitrogens is 1. The average molecular weight is 269 g/mol. The molecule has 6 nitrogen and oxygen atoms in total. The van der Waals surface area contributed by atoms with Crippen molar-refractivity contribution in [1.82, 2.24) is 15.6 Å². The third-order valence-corrected chi connectivity index (χ3v) is 3.72. The van der Waals surface area contributed by atoms with Crippen LogP contribution in [0.2, 0.25) is 0 Å². The molecule has 1 heterocycles. The van der Waals surface area contributed by atoms with Gasteiger partial charge in [0.1, 0.15) is 0 Å². The summed E-state index contributed by atoms with van der Waals surface area (Å²) in [6, 6.07) is -0.176. The summed E-state index contributed by atoms with van der Waals surface area (Å²) in [5.41, 5.74) is 0.0341. The van der Waals surface area contributed by atoms with Crippen LogP contribution in [0.1, 0.15) is 35.3 Å². The predicted octanol–water partition coefficient (Wildman–Crippen LogP) is 1.24. The van der Waals surface area contributed by atoms with E-state index in [-0.39, 0.29) is 17.3 Å². The van der Waals surface area contributed by atoms with Crippen LogP contribution in [0.4, 0.5) is 4.79 Å². The third-order valence-electron chi connectivity index (χ3n) is 2.81. The Kier molecular flexibility index (Phi) is 3.51. The summed E-state index contributed by atoms with van der Waals surface area (Å²) in [5.74, 6) is -1.02. The van der Waals surface area contributed by atoms with Gasteiger partial charge in [-0.15, -0.1) is 11.3 Å². The molecule has 7 heteroatoms. The van der Waals surface area contributed by atoms with Crippen molar-refractivity contribution in [2.24, 2.45) is 0 Å². The molecule has 1 aliphatic rings. The van der Waals surface area contributed by atoms with Gasteiger partial charge < -0.3 is 15.7 Å². The zero-order valence-electron chi connectivity index (χ0n) is 10.0. The van der Waals surface area contributed by atoms with E-state index < -0.39 is 5.97 Å². The van der Waals surface area contributed by atoms with E-state index in [1.807, 2.05) is 6.92 Å². The number of nitrogens with zero attached hydrogens (tertiary/aromatic N) is 1. The number of urea groups is 1. The van der Waals surface area contributed by atoms with E-state index >= 15 is 0 Å². The second kappa shape index (κ2) is 4.93. The third kappa shape index (κ3) is 3.43. The second-order valence-corrected chi connectivity index (χ2v) is 5.57. The number of aromatic carboxylic acids is 1. The Morgan fingerprint density at radius 3 is 2.83 bits per heavy atom. The van der Waals surface area contributed by atoms with Crippen LogP contribution in [-0.2, 0) is 6.42 Å². The Hall–Kier alpha value is -1.63. The molecule has 0 radical (unpaired) electrons. The average Bonchev–Trinajstić information content (AvgIpc) is 2.83. The summed E-state index contributed by atoms with van der Waals surface area (Å²) < 4.78 is 0. The molecule has 0 aromatic carbocycles. The highest BCUT2D eigenvalue weighted by Gasteiger charge is 2.38. The minimum absolute atomic E-state index is 0.0260. The predicted molar refractivity (Wildman–Crippen MR) is 67.0 cm³/mol. The van der Waals surface area contributed by atoms with E-state index in [0.717, 1.165) is 12.8 Å². The minimum atomic E-state index is -1.02. The van der Waals surface area contributed by atoms with E-state index in [4.69, 9.17) is 5.11 Å². The van der Waals surface area contributed by atoms with Gasteiger partial charge in [-0.05, 0) is 19.8 Å². The molecule has 1 aromatic rings. The number of rotatable bonds is 5. The van der Waals surface area contributed by atoms with E-state index in [1.54, 1.807) is 0 Å². The number of carboxylic acids is 1. The normalized spacial score (nSPS) is 16.1. The molecule has 2 rings (SSSR count). The van der Waals surface area contributed by atoms with Crippen LogP contribution in [0, 0.1) is 0 Å². The molecule has 0 unspecified atom stereocenters. The molecule has 1 aliphatic carbocycles. The first-order chi connectivity index (χ1) is 8.48. The van der Waals surface area contributed by atoms with Crippen LogP contribution < -0.4 is 10.6 Å². The second-order valence-electron chi connectivity index (χ2n) is 4.62. The molecule has 1 aromatic heterocycles. The molecular formula is C11H15N3O3S. The van der Waals surface area contributed by atoms with Gasteiger partial charge in [-0.25, -0.2) is 14.6 Å². The number of nitrogens with one attached hydrogen (secondary N) is 2. The number of hydrogen-bond donors (Lipinski definition) is 3. The Labute approximate surface area is 108 Å². The van der Waals surface area contributed by atoms with Crippen LogP contribution in [-0.4, -0.2) is 34.2 Å². The molecule has 0 spiro atoms. The fraction of sp³-hybridized carbons (Fsp3) is 0.545. The van der Waals surface area contributed by atoms with Crippen LogP contribution in [0.5, 0.6) is 0 Å². The molecule has 0 atom stereocenters. The van der Waals surface area contributed by atoms with Crippen LogP contribution >= 0.6 is 11.3 Å². The zero-order valence-corrected chi connectivity index (χ0v) is 10.8. The molecule has 3 N–H and O–H groups in total. The smallest absolute Gasteiger partial charge is 0.355 e. The molecule has 1 fully saturated rings. The maximum atomic E-state index is 11.5. The quantitative estimate of drug-likeness (QED) is 0.750. The van der Waals surface area contributed by atoms with E-state index in [2.05, 4.69) is 15.6 Å². The van der Waals surface area contributed by atoms with Gasteiger partial charge >= 0.3 is 12.0 Å². The lowest BCUT2D eigenvalue weighted by Gasteiger charge is -2.11. The maximum absolute atomic E-state index is 11.5. The van der Waals surface area contributed by atoms with Crippen molar-refractivity contribution in [2.75, 3.05) is 6.54 Å². The van der Waals surface area contributed by atoms with Crippen molar-refractivity contribution in [3.05, 3.63) is 16.1 Å². The van der Waals surface area contributed by atoms with Crippen LogP contribution in [0.15, 0.2) is 5.38 Å². The molecule has 0 bridgehead atoms. The van der Waals surface area contributed by atoms with Crippen molar-refractivity contribution in [1.29, 1.82) is 0 Å². The first-order valence-corrected chi connectivity index (χ1v) is 6.60. The highest BCUT2D eigenvalue weighted by atomic mass is 32.1. The molecule has 2 amide bonds. The number of hydrogen-bond acceptors (Lipinski definition) is 4. The van der Waals surface area contributed by atoms with E-state index in [9.17, 15) is 9.59 Å². The van der Waals surface area contributed by atoms with Gasteiger partial charge in [0, 0.05) is 23.9 Å². The summed E-state index contributed by atoms with van der Waals surface area (Å²) >= 11 is 1.29. The topological polar surface area (TPSA) is 91.3 Å². The van der Waals surface area contributed by atoms with E-state index in [1.165, 1.54) is 16.7 Å². The van der Waals surface area contributed by atoms with Crippen LogP contribution in [0.3, 0.4) is 0 Å². The molecule has 0 saturated heterocycles. The van der Waals surface area contributed by atoms with Crippen molar-refractivity contribution < 1.29 is 14.7 Å². The monoisotopic (exact) mass is 269 g/mol. The summed E-state index contributed by atoms with van der Waals surface area (Å²) in [6.45, 7) is 2.46. The summed E-state index contributed by atoms with van der Waals surface area (Å²) in [5, 5.41) is 16.5. The van der Waals surface area contributed by atoms with Crippen LogP contribution in [0.25, 0.3) is 0 Å². The SMILES string of the molecule is CC1(NC(=O)NCCc2nc(C(=O)O)cs2)CC1. The van der Waals surface area contributed by atoms with Gasteiger partial charge in [-0.2, -0.15) is 0 Å². The summed E-state index contributed by atoms with van der Waals surface area (Å²) in [7, 11) is 0. The first-order valence-electron chi connectivity index (χ1n) is 5.72. The lowest BCUT2D eigenvalue weighted by molar-refractivity contribution is 0.0691. The van der Waals surface area contributed by atoms with Gasteiger partial charge in [-0.1, -0.05) is 0 Å². The Bertz CT molecular complexity index is 468. The highest BCUT2D eigenvalue weighted by Crippen LogP contribution is 2.33. The van der Waals surface area contributed by atoms with Crippen molar-refractivity contribution in [3.8, 4) is 0 Å². The largest absolute Gasteiger partial charge is 0.476 e. The molecule has 98 valence electrons. The fourth-order valence-electron chi connectivity index (χ4n) is 1.44. The Morgan fingerprint density at radius 1 is 1.56 bits per heavy atom. The van der Waals surface area contributed by atoms with Crippen molar-refractivity contribution in [2.45, 2.75) is 31.7 Å². The fourth-order valence-corrected chi connectivity index (χ4v) is 2.21. The molecule has 1 saturated carbocycles. The molecular weight excluding hydrogens is 254 g/mol. The number of carboxylic acid groups (broad SMARTS) is 1. The van der Waals surface area contributed by atoms with Gasteiger partial charge in [0.15, 0.2) is 5.69 Å². The summed E-state index contributed by atoms with van der Waals surface area (Å²) in [4.78, 5) is 26.0. The number of carbonyl (C=O) groups is 2. The van der Waals surface area contributed by atoms with Gasteiger partial charge in [-0.3, -0.25) is 0 Å². The number of thiazole rings is 1. The number of carbonyl (C=O) groups excluding carboxylic acids is 1. The van der Waals surface area contributed by atoms with Gasteiger partial charge in [0.2, 0.25) is 0 Å². The Balaban J connectivity index is 1.71. The maximum Gasteiger partial charge on any atom is 0.355 e. The zero-order chi connectivity index (χ0) is 13.2. The first kappa shape index (κ1) is 12.8. The minimum Gasteiger partial charge on any atom is -0.476 e. The lowest BCUT2D eigenvalue weighted by Crippen LogP contribution is -2.42. The highest BCUT2D eigenvalue weighted by molar-refractivity contribution is 7.09. The molecule has 18 heavy (non-hydrogen) atoms. The van der Waals surface area contributed by atoms with Crippen molar-refractivity contribution >= 4 is 23.3 Å².